The Hall–Kier alpha value is 0.518. The second-order valence-electron chi connectivity index (χ2n) is 6.65. The maximum atomic E-state index is 6.60. The quantitative estimate of drug-likeness (QED) is 0.301. The number of benzene rings is 3. The molecule has 1 heterocycles. The summed E-state index contributed by atoms with van der Waals surface area (Å²) < 4.78 is 9.66. The van der Waals surface area contributed by atoms with Crippen molar-refractivity contribution in [3.63, 3.8) is 0 Å². The van der Waals surface area contributed by atoms with Crippen LogP contribution in [0.3, 0.4) is 0 Å². The summed E-state index contributed by atoms with van der Waals surface area (Å²) in [5.74, 6) is 0. The molecule has 1 aliphatic rings. The summed E-state index contributed by atoms with van der Waals surface area (Å²) in [5.41, 5.74) is 2.94. The zero-order chi connectivity index (χ0) is 20.9. The molecule has 0 saturated carbocycles. The van der Waals surface area contributed by atoms with Gasteiger partial charge in [-0.15, -0.1) is 0 Å². The molecule has 30 heavy (non-hydrogen) atoms. The fraction of sp³-hybridized carbons (Fsp3) is 0.182. The zero-order valence-corrected chi connectivity index (χ0v) is 24.9. The number of rotatable bonds is 2. The van der Waals surface area contributed by atoms with Gasteiger partial charge in [-0.25, -0.2) is 0 Å². The summed E-state index contributed by atoms with van der Waals surface area (Å²) in [7, 11) is 0. The molecule has 8 heteroatoms. The summed E-state index contributed by atoms with van der Waals surface area (Å²) in [6.45, 7) is 1.26. The summed E-state index contributed by atoms with van der Waals surface area (Å²) in [6.07, 6.45) is 0. The molecule has 0 aromatic heterocycles. The Labute approximate surface area is 206 Å². The van der Waals surface area contributed by atoms with E-state index in [1.165, 1.54) is 21.7 Å². The summed E-state index contributed by atoms with van der Waals surface area (Å²) in [5, 5.41) is 4.83. The normalized spacial score (nSPS) is 25.5. The first-order valence-corrected chi connectivity index (χ1v) is 24.3. The Morgan fingerprint density at radius 2 is 0.933 bits per heavy atom. The van der Waals surface area contributed by atoms with E-state index in [0.717, 1.165) is 10.6 Å². The SMILES string of the molecule is [Se]=[P@]1(c2ccccc2)OCCO[P@@](=[Se])(c2ccccc2)[Se]Cc2ccccc2C[Se]1. The molecule has 0 radical (unpaired) electrons. The van der Waals surface area contributed by atoms with Gasteiger partial charge in [0, 0.05) is 0 Å². The molecule has 0 unspecified atom stereocenters. The van der Waals surface area contributed by atoms with Crippen LogP contribution in [0.5, 0.6) is 0 Å². The number of hydrogen-bond acceptors (Lipinski definition) is 2. The fourth-order valence-corrected chi connectivity index (χ4v) is 22.4. The van der Waals surface area contributed by atoms with Crippen LogP contribution in [0.2, 0.25) is 0 Å². The number of hydrogen-bond donors (Lipinski definition) is 0. The van der Waals surface area contributed by atoms with Crippen molar-refractivity contribution in [1.82, 2.24) is 0 Å². The third-order valence-corrected chi connectivity index (χ3v) is 30.6. The van der Waals surface area contributed by atoms with Gasteiger partial charge >= 0.3 is 208 Å². The molecule has 2 atom stereocenters. The molecule has 4 rings (SSSR count). The average Bonchev–Trinajstić information content (AvgIpc) is 2.80. The van der Waals surface area contributed by atoms with E-state index in [4.69, 9.17) is 9.05 Å². The van der Waals surface area contributed by atoms with Crippen molar-refractivity contribution in [3.8, 4) is 0 Å². The van der Waals surface area contributed by atoms with Crippen molar-refractivity contribution in [2.24, 2.45) is 0 Å². The van der Waals surface area contributed by atoms with Crippen LogP contribution in [0.4, 0.5) is 0 Å². The topological polar surface area (TPSA) is 18.5 Å². The third-order valence-electron chi connectivity index (χ3n) is 4.65. The van der Waals surface area contributed by atoms with E-state index >= 15 is 0 Å². The van der Waals surface area contributed by atoms with Crippen LogP contribution < -0.4 is 10.6 Å². The van der Waals surface area contributed by atoms with E-state index in [-0.39, 0.29) is 0 Å². The molecule has 2 nitrogen and oxygen atoms in total. The second-order valence-corrected chi connectivity index (χ2v) is 35.1. The van der Waals surface area contributed by atoms with Crippen LogP contribution in [0.15, 0.2) is 84.9 Å². The van der Waals surface area contributed by atoms with E-state index in [9.17, 15) is 0 Å². The van der Waals surface area contributed by atoms with Gasteiger partial charge in [0.15, 0.2) is 0 Å². The molecule has 0 amide bonds. The molecular weight excluding hydrogens is 674 g/mol. The number of fused-ring (bicyclic) bond motifs is 1. The van der Waals surface area contributed by atoms with Gasteiger partial charge in [0.1, 0.15) is 0 Å². The van der Waals surface area contributed by atoms with Crippen molar-refractivity contribution in [2.75, 3.05) is 13.2 Å². The second kappa shape index (κ2) is 11.1. The Bertz CT molecular complexity index is 990. The van der Waals surface area contributed by atoms with Gasteiger partial charge < -0.3 is 0 Å². The Morgan fingerprint density at radius 3 is 1.33 bits per heavy atom. The van der Waals surface area contributed by atoms with Crippen LogP contribution in [0.25, 0.3) is 0 Å². The molecule has 0 spiro atoms. The van der Waals surface area contributed by atoms with Gasteiger partial charge in [-0.2, -0.15) is 0 Å². The first-order chi connectivity index (χ1) is 14.6. The molecule has 156 valence electrons. The minimum absolute atomic E-state index is 0.334. The van der Waals surface area contributed by atoms with Crippen LogP contribution in [0.1, 0.15) is 11.1 Å². The van der Waals surface area contributed by atoms with Crippen molar-refractivity contribution in [1.29, 1.82) is 0 Å². The Balaban J connectivity index is 1.68. The van der Waals surface area contributed by atoms with Gasteiger partial charge in [-0.3, -0.25) is 0 Å². The van der Waals surface area contributed by atoms with Gasteiger partial charge in [-0.05, 0) is 0 Å². The van der Waals surface area contributed by atoms with E-state index in [0.29, 0.717) is 42.2 Å². The first-order valence-electron chi connectivity index (χ1n) is 9.55. The average molecular weight is 696 g/mol. The van der Waals surface area contributed by atoms with Crippen LogP contribution in [-0.2, 0) is 19.7 Å². The van der Waals surface area contributed by atoms with E-state index in [1.807, 2.05) is 0 Å². The van der Waals surface area contributed by atoms with E-state index < -0.39 is 8.85 Å². The van der Waals surface area contributed by atoms with E-state index in [1.54, 1.807) is 0 Å². The predicted molar refractivity (Wildman–Crippen MR) is 135 cm³/mol. The van der Waals surface area contributed by atoms with E-state index in [2.05, 4.69) is 115 Å². The monoisotopic (exact) mass is 700 g/mol. The summed E-state index contributed by atoms with van der Waals surface area (Å²) in [4.78, 5) is 0. The van der Waals surface area contributed by atoms with Crippen molar-refractivity contribution < 1.29 is 9.05 Å². The van der Waals surface area contributed by atoms with Gasteiger partial charge in [0.05, 0.1) is 0 Å². The maximum absolute atomic E-state index is 6.60. The van der Waals surface area contributed by atoms with Gasteiger partial charge in [0.2, 0.25) is 0 Å². The molecule has 3 aromatic carbocycles. The van der Waals surface area contributed by atoms with Crippen molar-refractivity contribution >= 4 is 78.7 Å². The molecular formula is C22H22O2P2Se4. The molecule has 0 N–H and O–H groups in total. The van der Waals surface area contributed by atoms with Crippen LogP contribution >= 0.6 is 8.85 Å². The van der Waals surface area contributed by atoms with Gasteiger partial charge in [-0.1, -0.05) is 0 Å². The van der Waals surface area contributed by atoms with Crippen LogP contribution in [0, 0.1) is 0 Å². The molecule has 3 aromatic rings. The minimum atomic E-state index is -1.77. The zero-order valence-electron chi connectivity index (χ0n) is 16.3. The first kappa shape index (κ1) is 23.7. The van der Waals surface area contributed by atoms with Crippen molar-refractivity contribution in [3.05, 3.63) is 96.1 Å². The Morgan fingerprint density at radius 1 is 0.567 bits per heavy atom. The predicted octanol–water partition coefficient (Wildman–Crippen LogP) is 3.66. The van der Waals surface area contributed by atoms with Crippen LogP contribution in [-0.4, -0.2) is 72.4 Å². The summed E-state index contributed by atoms with van der Waals surface area (Å²) >= 11 is 7.69. The molecule has 0 fully saturated rings. The van der Waals surface area contributed by atoms with Crippen molar-refractivity contribution in [2.45, 2.75) is 10.6 Å². The summed E-state index contributed by atoms with van der Waals surface area (Å²) in [6, 6.07) is 30.4. The third kappa shape index (κ3) is 5.90. The molecule has 0 aliphatic carbocycles. The van der Waals surface area contributed by atoms with Gasteiger partial charge in [0.25, 0.3) is 0 Å². The standard InChI is InChI=1S/C22H22O2P2Se4/c27-25(21-11-3-1-4-12-21)23-15-16-24-26(28,22-13-5-2-6-14-22)30-18-20-10-8-7-9-19(20)17-29-25/h1-14H,15-18H2/t25-,26+. The fourth-order valence-electron chi connectivity index (χ4n) is 3.06. The molecule has 0 saturated heterocycles. The molecule has 1 aliphatic heterocycles. The molecule has 0 bridgehead atoms. The Kier molecular flexibility index (Phi) is 8.75.